The van der Waals surface area contributed by atoms with Crippen LogP contribution in [0.1, 0.15) is 40.2 Å². The van der Waals surface area contributed by atoms with Gasteiger partial charge in [-0.2, -0.15) is 0 Å². The first-order chi connectivity index (χ1) is 17.7. The van der Waals surface area contributed by atoms with Crippen LogP contribution in [-0.2, 0) is 14.4 Å². The van der Waals surface area contributed by atoms with Crippen molar-refractivity contribution >= 4 is 36.9 Å². The Kier molecular flexibility index (Phi) is 10.2. The van der Waals surface area contributed by atoms with Crippen molar-refractivity contribution in [2.45, 2.75) is 76.7 Å². The summed E-state index contributed by atoms with van der Waals surface area (Å²) in [7, 11) is -6.79. The lowest BCUT2D eigenvalue weighted by Gasteiger charge is -2.45. The van der Waals surface area contributed by atoms with Crippen LogP contribution in [-0.4, -0.2) is 35.0 Å². The molecule has 0 amide bonds. The molecule has 206 valence electrons. The maximum atomic E-state index is 13.6. The summed E-state index contributed by atoms with van der Waals surface area (Å²) in [6, 6.07) is 27.5. The van der Waals surface area contributed by atoms with E-state index in [-0.39, 0.29) is 16.0 Å². The van der Waals surface area contributed by atoms with Gasteiger partial charge >= 0.3 is 0 Å². The van der Waals surface area contributed by atoms with Gasteiger partial charge in [-0.1, -0.05) is 106 Å². The fourth-order valence-corrected chi connectivity index (χ4v) is 11.2. The topological polar surface area (TPSA) is 55.4 Å². The first-order valence-corrected chi connectivity index (χ1v) is 19.3. The number of nitrogens with one attached hydrogen (secondary N) is 1. The molecule has 3 aromatic rings. The number of rotatable bonds is 12. The van der Waals surface area contributed by atoms with Gasteiger partial charge in [-0.15, -0.1) is 0 Å². The lowest BCUT2D eigenvalue weighted by Crippen LogP contribution is -2.53. The minimum Gasteiger partial charge on any atom is -0.413 e. The van der Waals surface area contributed by atoms with Crippen LogP contribution in [0.5, 0.6) is 0 Å². The summed E-state index contributed by atoms with van der Waals surface area (Å²) < 4.78 is 37.3. The second kappa shape index (κ2) is 12.6. The minimum absolute atomic E-state index is 0.0191. The van der Waals surface area contributed by atoms with E-state index >= 15 is 0 Å². The van der Waals surface area contributed by atoms with Gasteiger partial charge < -0.3 is 4.43 Å². The fourth-order valence-electron chi connectivity index (χ4n) is 4.43. The van der Waals surface area contributed by atoms with Gasteiger partial charge in [-0.3, -0.25) is 0 Å². The van der Waals surface area contributed by atoms with E-state index in [1.165, 1.54) is 10.6 Å². The van der Waals surface area contributed by atoms with Gasteiger partial charge in [0.25, 0.3) is 0 Å². The molecule has 0 aliphatic heterocycles. The number of sulfonamides is 1. The van der Waals surface area contributed by atoms with E-state index in [1.807, 2.05) is 38.1 Å². The molecule has 0 fully saturated rings. The highest BCUT2D eigenvalue weighted by Gasteiger charge is 2.45. The second-order valence-corrected chi connectivity index (χ2v) is 20.0. The van der Waals surface area contributed by atoms with Gasteiger partial charge in [0.05, 0.1) is 17.0 Å². The summed E-state index contributed by atoms with van der Waals surface area (Å²) in [5.74, 6) is 0.449. The van der Waals surface area contributed by atoms with Gasteiger partial charge in [0.15, 0.2) is 8.32 Å². The fraction of sp³-hybridized carbons (Fsp3) is 0.419. The SMILES string of the molecule is Cc1ccc(S(=O)(=O)N[C@H](CP(c2ccccc2)c2ccccc2)[C@@H](C)O[Si](C)(C)C(C)(C)C(C)C)cc1. The van der Waals surface area contributed by atoms with Crippen LogP contribution < -0.4 is 15.3 Å². The van der Waals surface area contributed by atoms with E-state index in [2.05, 4.69) is 94.0 Å². The number of aryl methyl sites for hydroxylation is 1. The van der Waals surface area contributed by atoms with Crippen molar-refractivity contribution in [2.24, 2.45) is 5.92 Å². The molecule has 0 heterocycles. The van der Waals surface area contributed by atoms with Crippen molar-refractivity contribution in [1.29, 1.82) is 0 Å². The summed E-state index contributed by atoms with van der Waals surface area (Å²) in [6.07, 6.45) is 0.342. The molecule has 0 bridgehead atoms. The molecule has 3 aromatic carbocycles. The van der Waals surface area contributed by atoms with Crippen LogP contribution in [0.15, 0.2) is 89.8 Å². The average molecular weight is 570 g/mol. The van der Waals surface area contributed by atoms with E-state index in [4.69, 9.17) is 4.43 Å². The molecular weight excluding hydrogens is 525 g/mol. The Morgan fingerprint density at radius 1 is 0.842 bits per heavy atom. The monoisotopic (exact) mass is 569 g/mol. The third-order valence-electron chi connectivity index (χ3n) is 8.20. The van der Waals surface area contributed by atoms with Crippen LogP contribution in [0.2, 0.25) is 18.1 Å². The second-order valence-electron chi connectivity index (χ2n) is 11.5. The first kappa shape index (κ1) is 30.7. The Balaban J connectivity index is 2.02. The largest absolute Gasteiger partial charge is 0.413 e. The molecule has 0 radical (unpaired) electrons. The smallest absolute Gasteiger partial charge is 0.240 e. The molecular formula is C31H44NO3PSSi. The van der Waals surface area contributed by atoms with Gasteiger partial charge in [0.2, 0.25) is 10.0 Å². The molecule has 0 aliphatic rings. The molecule has 3 rings (SSSR count). The van der Waals surface area contributed by atoms with E-state index in [1.54, 1.807) is 12.1 Å². The van der Waals surface area contributed by atoms with Gasteiger partial charge in [0.1, 0.15) is 0 Å². The average Bonchev–Trinajstić information content (AvgIpc) is 2.87. The Morgan fingerprint density at radius 3 is 1.76 bits per heavy atom. The van der Waals surface area contributed by atoms with Crippen LogP contribution in [0.4, 0.5) is 0 Å². The maximum absolute atomic E-state index is 13.6. The van der Waals surface area contributed by atoms with E-state index < -0.39 is 32.3 Å². The maximum Gasteiger partial charge on any atom is 0.240 e. The van der Waals surface area contributed by atoms with Crippen LogP contribution in [0.3, 0.4) is 0 Å². The normalized spacial score (nSPS) is 14.6. The highest BCUT2D eigenvalue weighted by atomic mass is 32.2. The Bertz CT molecular complexity index is 1220. The molecule has 0 aliphatic carbocycles. The van der Waals surface area contributed by atoms with Gasteiger partial charge in [0, 0.05) is 0 Å². The van der Waals surface area contributed by atoms with Gasteiger partial charge in [-0.05, 0) is 74.7 Å². The zero-order valence-electron chi connectivity index (χ0n) is 24.1. The number of hydrogen-bond donors (Lipinski definition) is 1. The molecule has 38 heavy (non-hydrogen) atoms. The molecule has 4 nitrogen and oxygen atoms in total. The lowest BCUT2D eigenvalue weighted by atomic mass is 9.99. The van der Waals surface area contributed by atoms with Gasteiger partial charge in [-0.25, -0.2) is 13.1 Å². The highest BCUT2D eigenvalue weighted by Crippen LogP contribution is 2.45. The zero-order chi connectivity index (χ0) is 28.1. The Labute approximate surface area is 233 Å². The van der Waals surface area contributed by atoms with Crippen molar-refractivity contribution in [1.82, 2.24) is 4.72 Å². The third-order valence-corrected chi connectivity index (χ3v) is 16.9. The zero-order valence-corrected chi connectivity index (χ0v) is 26.8. The molecule has 0 aromatic heterocycles. The van der Waals surface area contributed by atoms with Crippen molar-refractivity contribution in [2.75, 3.05) is 6.16 Å². The number of hydrogen-bond acceptors (Lipinski definition) is 3. The third kappa shape index (κ3) is 7.43. The quantitative estimate of drug-likeness (QED) is 0.192. The molecule has 7 heteroatoms. The predicted octanol–water partition coefficient (Wildman–Crippen LogP) is 6.82. The molecule has 1 N–H and O–H groups in total. The Morgan fingerprint density at radius 2 is 1.32 bits per heavy atom. The van der Waals surface area contributed by atoms with Crippen molar-refractivity contribution in [3.63, 3.8) is 0 Å². The molecule has 0 spiro atoms. The Hall–Kier alpha value is -1.82. The van der Waals surface area contributed by atoms with Crippen LogP contribution in [0.25, 0.3) is 0 Å². The highest BCUT2D eigenvalue weighted by molar-refractivity contribution is 7.89. The molecule has 0 unspecified atom stereocenters. The molecule has 0 saturated heterocycles. The van der Waals surface area contributed by atoms with Crippen LogP contribution in [0, 0.1) is 12.8 Å². The van der Waals surface area contributed by atoms with E-state index in [9.17, 15) is 8.42 Å². The first-order valence-electron chi connectivity index (χ1n) is 13.4. The van der Waals surface area contributed by atoms with Crippen molar-refractivity contribution in [3.8, 4) is 0 Å². The van der Waals surface area contributed by atoms with E-state index in [0.29, 0.717) is 12.1 Å². The summed E-state index contributed by atoms with van der Waals surface area (Å²) >= 11 is 0. The van der Waals surface area contributed by atoms with Crippen molar-refractivity contribution in [3.05, 3.63) is 90.5 Å². The summed E-state index contributed by atoms with van der Waals surface area (Å²) in [4.78, 5) is 0.281. The molecule has 0 saturated carbocycles. The lowest BCUT2D eigenvalue weighted by molar-refractivity contribution is 0.163. The predicted molar refractivity (Wildman–Crippen MR) is 166 cm³/mol. The standard InChI is InChI=1S/C31H44NO3PSSi/c1-24(2)31(5,6)38(7,8)35-26(4)30(32-37(33,34)29-21-19-25(3)20-22-29)23-36(27-15-11-9-12-16-27)28-17-13-10-14-18-28/h9-22,24,26,30,32H,23H2,1-8H3/t26-,30-/m1/s1. The van der Waals surface area contributed by atoms with Crippen LogP contribution >= 0.6 is 7.92 Å². The van der Waals surface area contributed by atoms with E-state index in [0.717, 1.165) is 5.56 Å². The summed E-state index contributed by atoms with van der Waals surface area (Å²) in [5, 5.41) is 2.46. The minimum atomic E-state index is -3.74. The summed E-state index contributed by atoms with van der Waals surface area (Å²) in [5.41, 5.74) is 1.03. The molecule has 2 atom stereocenters. The number of benzene rings is 3. The summed E-state index contributed by atoms with van der Waals surface area (Å²) in [6.45, 7) is 17.6. The van der Waals surface area contributed by atoms with Crippen molar-refractivity contribution < 1.29 is 12.8 Å².